The van der Waals surface area contributed by atoms with Crippen LogP contribution in [0.15, 0.2) is 11.6 Å². The first-order chi connectivity index (χ1) is 11.5. The molecule has 3 fully saturated rings. The molecule has 0 saturated heterocycles. The van der Waals surface area contributed by atoms with Crippen LogP contribution >= 0.6 is 0 Å². The first-order valence-corrected chi connectivity index (χ1v) is 10.1. The van der Waals surface area contributed by atoms with Crippen LogP contribution in [0.4, 0.5) is 8.78 Å². The molecule has 4 aliphatic rings. The van der Waals surface area contributed by atoms with Crippen LogP contribution in [0.1, 0.15) is 71.1 Å². The Morgan fingerprint density at radius 1 is 1.17 bits per heavy atom. The Labute approximate surface area is 144 Å². The van der Waals surface area contributed by atoms with E-state index in [4.69, 9.17) is 0 Å². The van der Waals surface area contributed by atoms with Crippen molar-refractivity contribution in [2.75, 3.05) is 6.61 Å². The van der Waals surface area contributed by atoms with E-state index in [1.165, 1.54) is 12.8 Å². The van der Waals surface area contributed by atoms with Gasteiger partial charge in [0.25, 0.3) is 0 Å². The summed E-state index contributed by atoms with van der Waals surface area (Å²) in [5.41, 5.74) is 0.596. The first kappa shape index (κ1) is 17.0. The molecular formula is C21H32F2O. The van der Waals surface area contributed by atoms with Crippen molar-refractivity contribution in [3.8, 4) is 0 Å². The van der Waals surface area contributed by atoms with Crippen molar-refractivity contribution in [3.05, 3.63) is 11.6 Å². The van der Waals surface area contributed by atoms with E-state index >= 15 is 0 Å². The number of hydrogen-bond donors (Lipinski definition) is 1. The minimum atomic E-state index is -2.20. The third-order valence-corrected chi connectivity index (χ3v) is 8.69. The molecule has 4 rings (SSSR count). The van der Waals surface area contributed by atoms with Crippen LogP contribution < -0.4 is 0 Å². The number of halogens is 2. The fraction of sp³-hybridized carbons (Fsp3) is 0.905. The van der Waals surface area contributed by atoms with Crippen LogP contribution in [-0.2, 0) is 0 Å². The highest BCUT2D eigenvalue weighted by atomic mass is 19.3. The van der Waals surface area contributed by atoms with Crippen LogP contribution in [0, 0.1) is 34.5 Å². The molecule has 0 unspecified atom stereocenters. The maximum Gasteiger partial charge on any atom is 0.248 e. The first-order valence-electron chi connectivity index (χ1n) is 10.1. The quantitative estimate of drug-likeness (QED) is 0.666. The van der Waals surface area contributed by atoms with Gasteiger partial charge in [-0.3, -0.25) is 0 Å². The van der Waals surface area contributed by atoms with Gasteiger partial charge in [0, 0.05) is 6.61 Å². The average molecular weight is 338 g/mol. The molecule has 136 valence electrons. The Kier molecular flexibility index (Phi) is 4.30. The van der Waals surface area contributed by atoms with E-state index in [1.807, 2.05) is 0 Å². The van der Waals surface area contributed by atoms with Gasteiger partial charge in [-0.25, -0.2) is 8.78 Å². The fourth-order valence-corrected chi connectivity index (χ4v) is 7.58. The van der Waals surface area contributed by atoms with Crippen molar-refractivity contribution in [2.45, 2.75) is 77.6 Å². The second-order valence-electron chi connectivity index (χ2n) is 9.21. The number of aliphatic hydroxyl groups excluding tert-OH is 1. The third kappa shape index (κ3) is 2.19. The van der Waals surface area contributed by atoms with Gasteiger partial charge in [0.2, 0.25) is 6.43 Å². The number of aliphatic hydroxyl groups is 1. The van der Waals surface area contributed by atoms with E-state index in [0.717, 1.165) is 50.5 Å². The summed E-state index contributed by atoms with van der Waals surface area (Å²) in [5.74, 6) is 1.88. The average Bonchev–Trinajstić information content (AvgIpc) is 2.91. The smallest absolute Gasteiger partial charge is 0.248 e. The highest BCUT2D eigenvalue weighted by Gasteiger charge is 2.62. The molecule has 3 heteroatoms. The highest BCUT2D eigenvalue weighted by molar-refractivity contribution is 5.26. The summed E-state index contributed by atoms with van der Waals surface area (Å²) in [7, 11) is 0. The zero-order valence-corrected chi connectivity index (χ0v) is 14.9. The molecule has 0 aromatic carbocycles. The van der Waals surface area contributed by atoms with Gasteiger partial charge in [-0.2, -0.15) is 0 Å². The summed E-state index contributed by atoms with van der Waals surface area (Å²) in [5, 5.41) is 9.43. The summed E-state index contributed by atoms with van der Waals surface area (Å²) in [6.07, 6.45) is 9.99. The standard InChI is InChI=1S/C21H32F2O/c1-20-12-9-18-16(17(20)8-6-14(20)10-13-24)7-5-15-4-2-3-11-21(15,18)19(22)23/h4,14,16-19,24H,2-3,5-13H2,1H3/t14-,16+,17+,18+,20-,21-/m1/s1. The van der Waals surface area contributed by atoms with E-state index in [1.54, 1.807) is 0 Å². The lowest BCUT2D eigenvalue weighted by molar-refractivity contribution is -0.118. The van der Waals surface area contributed by atoms with E-state index in [2.05, 4.69) is 13.0 Å². The normalized spacial score (nSPS) is 47.8. The van der Waals surface area contributed by atoms with Crippen molar-refractivity contribution in [3.63, 3.8) is 0 Å². The molecule has 24 heavy (non-hydrogen) atoms. The molecule has 0 amide bonds. The van der Waals surface area contributed by atoms with Crippen molar-refractivity contribution in [2.24, 2.45) is 34.5 Å². The van der Waals surface area contributed by atoms with E-state index in [0.29, 0.717) is 24.2 Å². The molecule has 0 aromatic rings. The van der Waals surface area contributed by atoms with Gasteiger partial charge in [0.05, 0.1) is 5.41 Å². The Morgan fingerprint density at radius 3 is 2.75 bits per heavy atom. The topological polar surface area (TPSA) is 20.2 Å². The Bertz CT molecular complexity index is 516. The lowest BCUT2D eigenvalue weighted by Gasteiger charge is -2.59. The van der Waals surface area contributed by atoms with E-state index < -0.39 is 11.8 Å². The van der Waals surface area contributed by atoms with Gasteiger partial charge in [-0.15, -0.1) is 0 Å². The summed E-state index contributed by atoms with van der Waals surface area (Å²) >= 11 is 0. The zero-order chi connectivity index (χ0) is 16.9. The highest BCUT2D eigenvalue weighted by Crippen LogP contribution is 2.68. The fourth-order valence-electron chi connectivity index (χ4n) is 7.58. The van der Waals surface area contributed by atoms with Gasteiger partial charge in [0.1, 0.15) is 0 Å². The molecule has 4 aliphatic carbocycles. The molecule has 0 aromatic heterocycles. The van der Waals surface area contributed by atoms with E-state index in [9.17, 15) is 13.9 Å². The number of hydrogen-bond acceptors (Lipinski definition) is 1. The van der Waals surface area contributed by atoms with Gasteiger partial charge in [-0.1, -0.05) is 18.6 Å². The van der Waals surface area contributed by atoms with Crippen molar-refractivity contribution >= 4 is 0 Å². The van der Waals surface area contributed by atoms with Crippen molar-refractivity contribution in [1.29, 1.82) is 0 Å². The second kappa shape index (κ2) is 6.07. The molecule has 0 bridgehead atoms. The number of rotatable bonds is 3. The van der Waals surface area contributed by atoms with Gasteiger partial charge < -0.3 is 5.11 Å². The zero-order valence-electron chi connectivity index (χ0n) is 14.9. The van der Waals surface area contributed by atoms with Crippen molar-refractivity contribution in [1.82, 2.24) is 0 Å². The lowest BCUT2D eigenvalue weighted by Crippen LogP contribution is -2.53. The van der Waals surface area contributed by atoms with Crippen LogP contribution in [0.2, 0.25) is 0 Å². The minimum absolute atomic E-state index is 0.198. The summed E-state index contributed by atoms with van der Waals surface area (Å²) in [6, 6.07) is 0. The van der Waals surface area contributed by atoms with Gasteiger partial charge in [-0.05, 0) is 93.3 Å². The molecule has 0 radical (unpaired) electrons. The maximum atomic E-state index is 14.4. The van der Waals surface area contributed by atoms with Crippen molar-refractivity contribution < 1.29 is 13.9 Å². The predicted octanol–water partition coefficient (Wildman–Crippen LogP) is 5.58. The maximum absolute atomic E-state index is 14.4. The largest absolute Gasteiger partial charge is 0.396 e. The number of alkyl halides is 2. The molecule has 0 aliphatic heterocycles. The molecule has 3 saturated carbocycles. The van der Waals surface area contributed by atoms with Crippen LogP contribution in [0.3, 0.4) is 0 Å². The SMILES string of the molecule is C[C@]12CC[C@H]3[C@@H](CCC4=CCCC[C@@]43C(F)F)[C@@H]1CC[C@@H]2CCO. The molecule has 0 heterocycles. The molecule has 6 atom stereocenters. The Morgan fingerprint density at radius 2 is 2.00 bits per heavy atom. The lowest BCUT2D eigenvalue weighted by atomic mass is 9.46. The summed E-state index contributed by atoms with van der Waals surface area (Å²) < 4.78 is 28.8. The molecule has 0 spiro atoms. The third-order valence-electron chi connectivity index (χ3n) is 8.69. The Balaban J connectivity index is 1.67. The summed E-state index contributed by atoms with van der Waals surface area (Å²) in [4.78, 5) is 0. The van der Waals surface area contributed by atoms with Crippen LogP contribution in [0.25, 0.3) is 0 Å². The molecule has 1 nitrogen and oxygen atoms in total. The number of fused-ring (bicyclic) bond motifs is 5. The monoisotopic (exact) mass is 338 g/mol. The second-order valence-corrected chi connectivity index (χ2v) is 9.21. The molecule has 1 N–H and O–H groups in total. The minimum Gasteiger partial charge on any atom is -0.396 e. The number of allylic oxidation sites excluding steroid dienone is 2. The summed E-state index contributed by atoms with van der Waals surface area (Å²) in [6.45, 7) is 2.68. The van der Waals surface area contributed by atoms with Gasteiger partial charge >= 0.3 is 0 Å². The van der Waals surface area contributed by atoms with E-state index in [-0.39, 0.29) is 17.9 Å². The molecular weight excluding hydrogens is 306 g/mol. The Hall–Kier alpha value is -0.440. The van der Waals surface area contributed by atoms with Crippen LogP contribution in [-0.4, -0.2) is 18.1 Å². The predicted molar refractivity (Wildman–Crippen MR) is 91.8 cm³/mol. The van der Waals surface area contributed by atoms with Crippen LogP contribution in [0.5, 0.6) is 0 Å². The van der Waals surface area contributed by atoms with Gasteiger partial charge in [0.15, 0.2) is 0 Å².